The standard InChI is InChI=1S/C14H23N3O/c1-10-3-4-11(7-10)13-16-12(18-17-13)8-14(9-15)5-2-6-14/h10-11H,2-9,15H2,1H3. The van der Waals surface area contributed by atoms with E-state index in [1.54, 1.807) is 0 Å². The predicted molar refractivity (Wildman–Crippen MR) is 69.1 cm³/mol. The first-order valence-electron chi connectivity index (χ1n) is 7.23. The Morgan fingerprint density at radius 1 is 1.39 bits per heavy atom. The van der Waals surface area contributed by atoms with Crippen LogP contribution in [0.25, 0.3) is 0 Å². The molecular formula is C14H23N3O. The van der Waals surface area contributed by atoms with E-state index in [0.29, 0.717) is 5.92 Å². The monoisotopic (exact) mass is 249 g/mol. The van der Waals surface area contributed by atoms with Crippen LogP contribution in [0.15, 0.2) is 4.52 Å². The number of nitrogens with zero attached hydrogens (tertiary/aromatic N) is 2. The van der Waals surface area contributed by atoms with Crippen molar-refractivity contribution in [3.05, 3.63) is 11.7 Å². The summed E-state index contributed by atoms with van der Waals surface area (Å²) < 4.78 is 5.43. The van der Waals surface area contributed by atoms with Crippen LogP contribution >= 0.6 is 0 Å². The van der Waals surface area contributed by atoms with Gasteiger partial charge in [0.25, 0.3) is 0 Å². The van der Waals surface area contributed by atoms with E-state index < -0.39 is 0 Å². The van der Waals surface area contributed by atoms with Crippen molar-refractivity contribution < 1.29 is 4.52 Å². The Labute approximate surface area is 108 Å². The van der Waals surface area contributed by atoms with Crippen molar-refractivity contribution in [2.24, 2.45) is 17.1 Å². The number of rotatable bonds is 4. The Balaban J connectivity index is 1.66. The molecular weight excluding hydrogens is 226 g/mol. The molecule has 0 bridgehead atoms. The Bertz CT molecular complexity index is 405. The first-order valence-corrected chi connectivity index (χ1v) is 7.23. The Morgan fingerprint density at radius 3 is 2.78 bits per heavy atom. The minimum Gasteiger partial charge on any atom is -0.339 e. The van der Waals surface area contributed by atoms with Crippen molar-refractivity contribution >= 4 is 0 Å². The van der Waals surface area contributed by atoms with Gasteiger partial charge in [0.15, 0.2) is 5.82 Å². The summed E-state index contributed by atoms with van der Waals surface area (Å²) in [5.74, 6) is 3.06. The van der Waals surface area contributed by atoms with E-state index in [-0.39, 0.29) is 5.41 Å². The van der Waals surface area contributed by atoms with Crippen LogP contribution in [0.1, 0.15) is 63.1 Å². The smallest absolute Gasteiger partial charge is 0.227 e. The van der Waals surface area contributed by atoms with Gasteiger partial charge >= 0.3 is 0 Å². The SMILES string of the molecule is CC1CCC(c2noc(CC3(CN)CCC3)n2)C1. The van der Waals surface area contributed by atoms with Crippen LogP contribution in [-0.2, 0) is 6.42 Å². The molecule has 0 spiro atoms. The van der Waals surface area contributed by atoms with Gasteiger partial charge in [0, 0.05) is 12.3 Å². The lowest BCUT2D eigenvalue weighted by molar-refractivity contribution is 0.129. The van der Waals surface area contributed by atoms with Crippen molar-refractivity contribution in [1.29, 1.82) is 0 Å². The van der Waals surface area contributed by atoms with Crippen LogP contribution in [0.3, 0.4) is 0 Å². The lowest BCUT2D eigenvalue weighted by Crippen LogP contribution is -2.39. The fourth-order valence-electron chi connectivity index (χ4n) is 3.40. The molecule has 2 aliphatic carbocycles. The maximum Gasteiger partial charge on any atom is 0.227 e. The van der Waals surface area contributed by atoms with Crippen LogP contribution in [0.5, 0.6) is 0 Å². The van der Waals surface area contributed by atoms with Gasteiger partial charge in [-0.3, -0.25) is 0 Å². The molecule has 100 valence electrons. The summed E-state index contributed by atoms with van der Waals surface area (Å²) >= 11 is 0. The average Bonchev–Trinajstić information content (AvgIpc) is 2.92. The number of hydrogen-bond donors (Lipinski definition) is 1. The van der Waals surface area contributed by atoms with Gasteiger partial charge in [-0.1, -0.05) is 18.5 Å². The molecule has 4 nitrogen and oxygen atoms in total. The Kier molecular flexibility index (Phi) is 3.14. The van der Waals surface area contributed by atoms with Crippen molar-refractivity contribution in [2.45, 2.75) is 57.8 Å². The predicted octanol–water partition coefficient (Wildman–Crippen LogP) is 2.64. The van der Waals surface area contributed by atoms with Crippen LogP contribution in [0.4, 0.5) is 0 Å². The lowest BCUT2D eigenvalue weighted by atomic mass is 9.67. The summed E-state index contributed by atoms with van der Waals surface area (Å²) in [6.07, 6.45) is 8.30. The van der Waals surface area contributed by atoms with E-state index in [9.17, 15) is 0 Å². The summed E-state index contributed by atoms with van der Waals surface area (Å²) in [6.45, 7) is 3.05. The minimum absolute atomic E-state index is 0.257. The van der Waals surface area contributed by atoms with Crippen molar-refractivity contribution in [3.63, 3.8) is 0 Å². The third-order valence-electron chi connectivity index (χ3n) is 4.92. The number of nitrogens with two attached hydrogens (primary N) is 1. The summed E-state index contributed by atoms with van der Waals surface area (Å²) in [7, 11) is 0. The van der Waals surface area contributed by atoms with Gasteiger partial charge < -0.3 is 10.3 Å². The summed E-state index contributed by atoms with van der Waals surface area (Å²) in [4.78, 5) is 4.61. The Morgan fingerprint density at radius 2 is 2.22 bits per heavy atom. The van der Waals surface area contributed by atoms with Gasteiger partial charge in [0.2, 0.25) is 5.89 Å². The Hall–Kier alpha value is -0.900. The third-order valence-corrected chi connectivity index (χ3v) is 4.92. The van der Waals surface area contributed by atoms with Crippen LogP contribution in [-0.4, -0.2) is 16.7 Å². The van der Waals surface area contributed by atoms with E-state index in [1.165, 1.54) is 38.5 Å². The van der Waals surface area contributed by atoms with Crippen LogP contribution in [0, 0.1) is 11.3 Å². The maximum atomic E-state index is 5.87. The molecule has 2 fully saturated rings. The molecule has 2 N–H and O–H groups in total. The molecule has 0 aromatic carbocycles. The van der Waals surface area contributed by atoms with Crippen molar-refractivity contribution in [1.82, 2.24) is 10.1 Å². The van der Waals surface area contributed by atoms with Gasteiger partial charge in [-0.2, -0.15) is 4.98 Å². The van der Waals surface area contributed by atoms with Crippen LogP contribution in [0.2, 0.25) is 0 Å². The molecule has 1 heterocycles. The maximum absolute atomic E-state index is 5.87. The normalized spacial score (nSPS) is 30.3. The van der Waals surface area contributed by atoms with E-state index in [4.69, 9.17) is 10.3 Å². The van der Waals surface area contributed by atoms with Crippen molar-refractivity contribution in [2.75, 3.05) is 6.54 Å². The third kappa shape index (κ3) is 2.18. The lowest BCUT2D eigenvalue weighted by Gasteiger charge is -2.39. The second-order valence-electron chi connectivity index (χ2n) is 6.40. The van der Waals surface area contributed by atoms with Gasteiger partial charge in [-0.15, -0.1) is 0 Å². The molecule has 2 unspecified atom stereocenters. The fraction of sp³-hybridized carbons (Fsp3) is 0.857. The second kappa shape index (κ2) is 4.65. The minimum atomic E-state index is 0.257. The van der Waals surface area contributed by atoms with E-state index in [0.717, 1.165) is 30.6 Å². The highest BCUT2D eigenvalue weighted by Crippen LogP contribution is 2.43. The average molecular weight is 249 g/mol. The highest BCUT2D eigenvalue weighted by molar-refractivity contribution is 5.02. The van der Waals surface area contributed by atoms with Gasteiger partial charge in [0.05, 0.1) is 0 Å². The first kappa shape index (κ1) is 12.2. The molecule has 2 aliphatic rings. The quantitative estimate of drug-likeness (QED) is 0.891. The number of hydrogen-bond acceptors (Lipinski definition) is 4. The zero-order valence-corrected chi connectivity index (χ0v) is 11.2. The zero-order valence-electron chi connectivity index (χ0n) is 11.2. The van der Waals surface area contributed by atoms with Gasteiger partial charge in [-0.25, -0.2) is 0 Å². The van der Waals surface area contributed by atoms with E-state index >= 15 is 0 Å². The summed E-state index contributed by atoms with van der Waals surface area (Å²) in [5.41, 5.74) is 6.13. The molecule has 3 rings (SSSR count). The zero-order chi connectivity index (χ0) is 12.6. The second-order valence-corrected chi connectivity index (χ2v) is 6.40. The molecule has 0 saturated heterocycles. The fourth-order valence-corrected chi connectivity index (χ4v) is 3.40. The molecule has 0 aliphatic heterocycles. The first-order chi connectivity index (χ1) is 8.71. The molecule has 1 aromatic rings. The largest absolute Gasteiger partial charge is 0.339 e. The van der Waals surface area contributed by atoms with Crippen LogP contribution < -0.4 is 5.73 Å². The van der Waals surface area contributed by atoms with Crippen molar-refractivity contribution in [3.8, 4) is 0 Å². The number of aromatic nitrogens is 2. The van der Waals surface area contributed by atoms with E-state index in [2.05, 4.69) is 17.1 Å². The molecule has 18 heavy (non-hydrogen) atoms. The molecule has 0 amide bonds. The highest BCUT2D eigenvalue weighted by Gasteiger charge is 2.37. The molecule has 2 atom stereocenters. The highest BCUT2D eigenvalue weighted by atomic mass is 16.5. The summed E-state index contributed by atoms with van der Waals surface area (Å²) in [6, 6.07) is 0. The topological polar surface area (TPSA) is 64.9 Å². The molecule has 1 aromatic heterocycles. The molecule has 4 heteroatoms. The van der Waals surface area contributed by atoms with Gasteiger partial charge in [0.1, 0.15) is 0 Å². The van der Waals surface area contributed by atoms with Gasteiger partial charge in [-0.05, 0) is 50.0 Å². The summed E-state index contributed by atoms with van der Waals surface area (Å²) in [5, 5.41) is 4.18. The molecule has 2 saturated carbocycles. The molecule has 0 radical (unpaired) electrons. The van der Waals surface area contributed by atoms with E-state index in [1.807, 2.05) is 0 Å².